The fourth-order valence-electron chi connectivity index (χ4n) is 2.71. The summed E-state index contributed by atoms with van der Waals surface area (Å²) < 4.78 is 1.84. The van der Waals surface area contributed by atoms with Crippen LogP contribution in [0.5, 0.6) is 0 Å². The first-order valence-electron chi connectivity index (χ1n) is 7.49. The van der Waals surface area contributed by atoms with Gasteiger partial charge in [0.15, 0.2) is 0 Å². The predicted molar refractivity (Wildman–Crippen MR) is 96.4 cm³/mol. The van der Waals surface area contributed by atoms with Gasteiger partial charge in [-0.15, -0.1) is 6.42 Å². The van der Waals surface area contributed by atoms with Gasteiger partial charge in [0.1, 0.15) is 5.69 Å². The molecule has 0 amide bonds. The van der Waals surface area contributed by atoms with E-state index in [2.05, 4.69) is 36.7 Å². The fourth-order valence-corrected chi connectivity index (χ4v) is 2.71. The van der Waals surface area contributed by atoms with Crippen LogP contribution in [0.3, 0.4) is 0 Å². The van der Waals surface area contributed by atoms with Gasteiger partial charge >= 0.3 is 0 Å². The molecule has 2 aromatic carbocycles. The molecule has 0 saturated carbocycles. The zero-order valence-corrected chi connectivity index (χ0v) is 13.4. The molecule has 3 aromatic rings. The van der Waals surface area contributed by atoms with Gasteiger partial charge in [0.25, 0.3) is 0 Å². The SMILES string of the molecule is C#Cc1nn(-c2ccc(C(=C)C)c(C)c2)cc1-c1ccccc1. The lowest BCUT2D eigenvalue weighted by atomic mass is 10.0. The monoisotopic (exact) mass is 298 g/mol. The van der Waals surface area contributed by atoms with Crippen LogP contribution in [0, 0.1) is 19.3 Å². The molecule has 0 bridgehead atoms. The van der Waals surface area contributed by atoms with Crippen LogP contribution in [0.2, 0.25) is 0 Å². The number of aromatic nitrogens is 2. The highest BCUT2D eigenvalue weighted by Crippen LogP contribution is 2.25. The van der Waals surface area contributed by atoms with Crippen LogP contribution < -0.4 is 0 Å². The van der Waals surface area contributed by atoms with Crippen LogP contribution >= 0.6 is 0 Å². The zero-order chi connectivity index (χ0) is 16.4. The van der Waals surface area contributed by atoms with Crippen LogP contribution in [0.25, 0.3) is 22.4 Å². The third-order valence-corrected chi connectivity index (χ3v) is 3.87. The smallest absolute Gasteiger partial charge is 0.143 e. The van der Waals surface area contributed by atoms with Gasteiger partial charge in [-0.05, 0) is 48.6 Å². The number of rotatable bonds is 3. The summed E-state index contributed by atoms with van der Waals surface area (Å²) in [5.41, 5.74) is 7.08. The number of allylic oxidation sites excluding steroid dienone is 1. The van der Waals surface area contributed by atoms with E-state index in [-0.39, 0.29) is 0 Å². The lowest BCUT2D eigenvalue weighted by Crippen LogP contribution is -1.97. The number of nitrogens with zero attached hydrogens (tertiary/aromatic N) is 2. The molecule has 1 aromatic heterocycles. The molecule has 3 rings (SSSR count). The van der Waals surface area contributed by atoms with Crippen molar-refractivity contribution in [1.29, 1.82) is 0 Å². The van der Waals surface area contributed by atoms with Crippen LogP contribution in [-0.4, -0.2) is 9.78 Å². The zero-order valence-electron chi connectivity index (χ0n) is 13.4. The summed E-state index contributed by atoms with van der Waals surface area (Å²) in [6, 6.07) is 16.3. The van der Waals surface area contributed by atoms with E-state index in [0.717, 1.165) is 22.4 Å². The second-order valence-corrected chi connectivity index (χ2v) is 5.63. The Morgan fingerprint density at radius 2 is 1.91 bits per heavy atom. The first-order chi connectivity index (χ1) is 11.1. The maximum Gasteiger partial charge on any atom is 0.143 e. The minimum Gasteiger partial charge on any atom is -0.239 e. The van der Waals surface area contributed by atoms with Crippen molar-refractivity contribution in [3.05, 3.63) is 78.1 Å². The van der Waals surface area contributed by atoms with Gasteiger partial charge in [-0.1, -0.05) is 48.6 Å². The number of hydrogen-bond acceptors (Lipinski definition) is 1. The van der Waals surface area contributed by atoms with Crippen LogP contribution in [0.1, 0.15) is 23.7 Å². The van der Waals surface area contributed by atoms with Crippen molar-refractivity contribution >= 4 is 5.57 Å². The molecule has 112 valence electrons. The molecule has 0 N–H and O–H groups in total. The number of benzene rings is 2. The lowest BCUT2D eigenvalue weighted by molar-refractivity contribution is 0.873. The Hall–Kier alpha value is -3.05. The largest absolute Gasteiger partial charge is 0.239 e. The van der Waals surface area contributed by atoms with Crippen LogP contribution in [0.4, 0.5) is 0 Å². The van der Waals surface area contributed by atoms with E-state index in [0.29, 0.717) is 5.69 Å². The Kier molecular flexibility index (Phi) is 3.87. The van der Waals surface area contributed by atoms with Crippen molar-refractivity contribution in [3.8, 4) is 29.2 Å². The number of terminal acetylenes is 1. The van der Waals surface area contributed by atoms with Crippen molar-refractivity contribution in [1.82, 2.24) is 9.78 Å². The van der Waals surface area contributed by atoms with E-state index in [4.69, 9.17) is 6.42 Å². The summed E-state index contributed by atoms with van der Waals surface area (Å²) in [4.78, 5) is 0. The molecule has 0 aliphatic rings. The molecule has 23 heavy (non-hydrogen) atoms. The van der Waals surface area contributed by atoms with Gasteiger partial charge in [0.2, 0.25) is 0 Å². The second-order valence-electron chi connectivity index (χ2n) is 5.63. The molecule has 2 nitrogen and oxygen atoms in total. The van der Waals surface area contributed by atoms with Crippen molar-refractivity contribution in [2.45, 2.75) is 13.8 Å². The van der Waals surface area contributed by atoms with Gasteiger partial charge in [0, 0.05) is 11.8 Å². The summed E-state index contributed by atoms with van der Waals surface area (Å²) >= 11 is 0. The molecule has 2 heteroatoms. The van der Waals surface area contributed by atoms with E-state index in [9.17, 15) is 0 Å². The minimum absolute atomic E-state index is 0.651. The van der Waals surface area contributed by atoms with E-state index < -0.39 is 0 Å². The normalized spacial score (nSPS) is 10.3. The molecule has 0 radical (unpaired) electrons. The van der Waals surface area contributed by atoms with Gasteiger partial charge in [0.05, 0.1) is 5.69 Å². The van der Waals surface area contributed by atoms with Gasteiger partial charge in [-0.3, -0.25) is 0 Å². The fraction of sp³-hybridized carbons (Fsp3) is 0.0952. The third-order valence-electron chi connectivity index (χ3n) is 3.87. The molecule has 0 unspecified atom stereocenters. The van der Waals surface area contributed by atoms with E-state index in [1.807, 2.05) is 54.2 Å². The molecule has 0 aliphatic carbocycles. The maximum absolute atomic E-state index is 5.64. The van der Waals surface area contributed by atoms with Gasteiger partial charge in [-0.2, -0.15) is 5.10 Å². The molecule has 0 aliphatic heterocycles. The van der Waals surface area contributed by atoms with Crippen molar-refractivity contribution in [2.24, 2.45) is 0 Å². The molecule has 0 atom stereocenters. The summed E-state index contributed by atoms with van der Waals surface area (Å²) in [6.45, 7) is 8.11. The van der Waals surface area contributed by atoms with E-state index in [1.54, 1.807) is 0 Å². The van der Waals surface area contributed by atoms with Crippen molar-refractivity contribution in [3.63, 3.8) is 0 Å². The Bertz CT molecular complexity index is 909. The first kappa shape index (κ1) is 14.9. The van der Waals surface area contributed by atoms with Crippen LogP contribution in [0.15, 0.2) is 61.3 Å². The molecular weight excluding hydrogens is 280 g/mol. The van der Waals surface area contributed by atoms with Crippen molar-refractivity contribution < 1.29 is 0 Å². The summed E-state index contributed by atoms with van der Waals surface area (Å²) in [6.07, 6.45) is 7.62. The highest BCUT2D eigenvalue weighted by atomic mass is 15.3. The Balaban J connectivity index is 2.09. The number of aryl methyl sites for hydroxylation is 1. The first-order valence-corrected chi connectivity index (χ1v) is 7.49. The Labute approximate surface area is 137 Å². The second kappa shape index (κ2) is 5.98. The summed E-state index contributed by atoms with van der Waals surface area (Å²) in [5, 5.41) is 4.55. The third kappa shape index (κ3) is 2.82. The standard InChI is InChI=1S/C21H18N2/c1-5-21-20(17-9-7-6-8-10-17)14-23(22-21)18-11-12-19(15(2)3)16(4)13-18/h1,6-14H,2H2,3-4H3. The molecule has 0 saturated heterocycles. The molecule has 0 fully saturated rings. The molecular formula is C21H18N2. The highest BCUT2D eigenvalue weighted by Gasteiger charge is 2.11. The van der Waals surface area contributed by atoms with Crippen molar-refractivity contribution in [2.75, 3.05) is 0 Å². The average molecular weight is 298 g/mol. The van der Waals surface area contributed by atoms with Crippen LogP contribution in [-0.2, 0) is 0 Å². The number of hydrogen-bond donors (Lipinski definition) is 0. The summed E-state index contributed by atoms with van der Waals surface area (Å²) in [5.74, 6) is 2.68. The molecule has 0 spiro atoms. The topological polar surface area (TPSA) is 17.8 Å². The highest BCUT2D eigenvalue weighted by molar-refractivity contribution is 5.70. The summed E-state index contributed by atoms with van der Waals surface area (Å²) in [7, 11) is 0. The lowest BCUT2D eigenvalue weighted by Gasteiger charge is -2.08. The average Bonchev–Trinajstić information content (AvgIpc) is 2.99. The van der Waals surface area contributed by atoms with E-state index in [1.165, 1.54) is 11.1 Å². The molecule has 1 heterocycles. The Morgan fingerprint density at radius 3 is 2.52 bits per heavy atom. The van der Waals surface area contributed by atoms with Gasteiger partial charge in [-0.25, -0.2) is 4.68 Å². The minimum atomic E-state index is 0.651. The Morgan fingerprint density at radius 1 is 1.17 bits per heavy atom. The predicted octanol–water partition coefficient (Wildman–Crippen LogP) is 4.86. The maximum atomic E-state index is 5.64. The van der Waals surface area contributed by atoms with E-state index >= 15 is 0 Å². The van der Waals surface area contributed by atoms with Gasteiger partial charge < -0.3 is 0 Å². The quantitative estimate of drug-likeness (QED) is 0.631.